The van der Waals surface area contributed by atoms with Crippen LogP contribution in [-0.2, 0) is 19.5 Å². The zero-order chi connectivity index (χ0) is 13.1. The van der Waals surface area contributed by atoms with E-state index in [2.05, 4.69) is 46.6 Å². The number of fused-ring (bicyclic) bond motifs is 1. The highest BCUT2D eigenvalue weighted by atomic mass is 32.2. The fourth-order valence-electron chi connectivity index (χ4n) is 2.36. The molecule has 0 amide bonds. The third-order valence-corrected chi connectivity index (χ3v) is 4.62. The van der Waals surface area contributed by atoms with Crippen LogP contribution < -0.4 is 5.32 Å². The summed E-state index contributed by atoms with van der Waals surface area (Å²) in [6.45, 7) is 4.78. The molecule has 0 radical (unpaired) electrons. The smallest absolute Gasteiger partial charge is 0.140 e. The summed E-state index contributed by atoms with van der Waals surface area (Å²) in [5, 5.41) is 8.22. The summed E-state index contributed by atoms with van der Waals surface area (Å²) in [4.78, 5) is 5.74. The second kappa shape index (κ2) is 5.75. The van der Waals surface area contributed by atoms with E-state index in [9.17, 15) is 0 Å². The van der Waals surface area contributed by atoms with Gasteiger partial charge in [0.15, 0.2) is 0 Å². The van der Waals surface area contributed by atoms with Crippen molar-refractivity contribution in [1.82, 2.24) is 20.1 Å². The molecule has 1 unspecified atom stereocenters. The Morgan fingerprint density at radius 1 is 1.42 bits per heavy atom. The molecule has 3 rings (SSSR count). The van der Waals surface area contributed by atoms with Crippen LogP contribution in [0.2, 0.25) is 0 Å². The average Bonchev–Trinajstić information content (AvgIpc) is 3.02. The van der Waals surface area contributed by atoms with Crippen LogP contribution in [0.4, 0.5) is 0 Å². The lowest BCUT2D eigenvalue weighted by atomic mass is 10.1. The number of thioether (sulfide) groups is 1. The van der Waals surface area contributed by atoms with Gasteiger partial charge in [-0.1, -0.05) is 25.1 Å². The topological polar surface area (TPSA) is 42.7 Å². The van der Waals surface area contributed by atoms with E-state index in [0.717, 1.165) is 31.9 Å². The Balaban J connectivity index is 1.66. The van der Waals surface area contributed by atoms with Crippen molar-refractivity contribution in [3.05, 3.63) is 42.0 Å². The molecular formula is C14H18N4S. The molecule has 1 aromatic heterocycles. The van der Waals surface area contributed by atoms with E-state index < -0.39 is 0 Å². The van der Waals surface area contributed by atoms with Crippen molar-refractivity contribution >= 4 is 11.8 Å². The average molecular weight is 274 g/mol. The molecule has 1 atom stereocenters. The maximum atomic E-state index is 4.35. The zero-order valence-electron chi connectivity index (χ0n) is 11.0. The number of nitrogens with zero attached hydrogens (tertiary/aromatic N) is 3. The normalized spacial score (nSPS) is 17.6. The standard InChI is InChI=1S/C14H18N4S/c1-2-15-8-14-16-10-17-18(14)9-12-7-11-5-3-4-6-13(11)19-12/h3-6,10,12,15H,2,7-9H2,1H3. The Bertz CT molecular complexity index is 527. The van der Waals surface area contributed by atoms with Gasteiger partial charge in [0, 0.05) is 10.1 Å². The minimum atomic E-state index is 0.569. The summed E-state index contributed by atoms with van der Waals surface area (Å²) in [5.41, 5.74) is 1.46. The van der Waals surface area contributed by atoms with Gasteiger partial charge in [-0.15, -0.1) is 11.8 Å². The molecule has 0 spiro atoms. The number of rotatable bonds is 5. The molecule has 1 N–H and O–H groups in total. The summed E-state index contributed by atoms with van der Waals surface area (Å²) in [6, 6.07) is 8.66. The number of hydrogen-bond acceptors (Lipinski definition) is 4. The Kier molecular flexibility index (Phi) is 3.84. The van der Waals surface area contributed by atoms with Crippen molar-refractivity contribution in [2.24, 2.45) is 0 Å². The van der Waals surface area contributed by atoms with Crippen LogP contribution in [0.5, 0.6) is 0 Å². The maximum absolute atomic E-state index is 4.35. The fraction of sp³-hybridized carbons (Fsp3) is 0.429. The number of nitrogens with one attached hydrogen (secondary N) is 1. The summed E-state index contributed by atoms with van der Waals surface area (Å²) >= 11 is 1.96. The highest BCUT2D eigenvalue weighted by molar-refractivity contribution is 8.00. The second-order valence-electron chi connectivity index (χ2n) is 4.69. The van der Waals surface area contributed by atoms with Gasteiger partial charge in [0.2, 0.25) is 0 Å². The Hall–Kier alpha value is -1.33. The molecule has 0 saturated carbocycles. The van der Waals surface area contributed by atoms with Crippen molar-refractivity contribution in [2.45, 2.75) is 36.6 Å². The largest absolute Gasteiger partial charge is 0.310 e. The van der Waals surface area contributed by atoms with Gasteiger partial charge in [0.05, 0.1) is 13.1 Å². The van der Waals surface area contributed by atoms with E-state index in [1.807, 2.05) is 16.4 Å². The molecule has 2 aromatic rings. The lowest BCUT2D eigenvalue weighted by molar-refractivity contribution is 0.544. The molecule has 1 aliphatic rings. The third kappa shape index (κ3) is 2.82. The van der Waals surface area contributed by atoms with Crippen LogP contribution in [0.1, 0.15) is 18.3 Å². The van der Waals surface area contributed by atoms with Crippen molar-refractivity contribution in [1.29, 1.82) is 0 Å². The van der Waals surface area contributed by atoms with Gasteiger partial charge in [0.25, 0.3) is 0 Å². The zero-order valence-corrected chi connectivity index (χ0v) is 11.9. The number of benzene rings is 1. The molecule has 2 heterocycles. The first-order valence-electron chi connectivity index (χ1n) is 6.68. The monoisotopic (exact) mass is 274 g/mol. The van der Waals surface area contributed by atoms with Crippen LogP contribution >= 0.6 is 11.8 Å². The van der Waals surface area contributed by atoms with Gasteiger partial charge in [-0.2, -0.15) is 5.10 Å². The summed E-state index contributed by atoms with van der Waals surface area (Å²) in [6.07, 6.45) is 2.78. The fourth-order valence-corrected chi connectivity index (χ4v) is 3.66. The Morgan fingerprint density at radius 3 is 3.16 bits per heavy atom. The molecule has 4 nitrogen and oxygen atoms in total. The van der Waals surface area contributed by atoms with E-state index >= 15 is 0 Å². The summed E-state index contributed by atoms with van der Waals surface area (Å²) in [7, 11) is 0. The van der Waals surface area contributed by atoms with Crippen molar-refractivity contribution in [3.8, 4) is 0 Å². The van der Waals surface area contributed by atoms with Gasteiger partial charge >= 0.3 is 0 Å². The maximum Gasteiger partial charge on any atom is 0.140 e. The quantitative estimate of drug-likeness (QED) is 0.907. The third-order valence-electron chi connectivity index (χ3n) is 3.32. The highest BCUT2D eigenvalue weighted by Gasteiger charge is 2.23. The van der Waals surface area contributed by atoms with Crippen LogP contribution in [0, 0.1) is 0 Å². The van der Waals surface area contributed by atoms with E-state index in [1.165, 1.54) is 10.5 Å². The second-order valence-corrected chi connectivity index (χ2v) is 6.03. The van der Waals surface area contributed by atoms with Crippen LogP contribution in [-0.4, -0.2) is 26.6 Å². The van der Waals surface area contributed by atoms with Crippen molar-refractivity contribution < 1.29 is 0 Å². The predicted octanol–water partition coefficient (Wildman–Crippen LogP) is 2.10. The molecule has 0 fully saturated rings. The Morgan fingerprint density at radius 2 is 2.32 bits per heavy atom. The molecular weight excluding hydrogens is 256 g/mol. The van der Waals surface area contributed by atoms with E-state index in [-0.39, 0.29) is 0 Å². The highest BCUT2D eigenvalue weighted by Crippen LogP contribution is 2.37. The summed E-state index contributed by atoms with van der Waals surface area (Å²) in [5.74, 6) is 1.03. The summed E-state index contributed by atoms with van der Waals surface area (Å²) < 4.78 is 2.03. The van der Waals surface area contributed by atoms with Gasteiger partial charge in [0.1, 0.15) is 12.2 Å². The van der Waals surface area contributed by atoms with Gasteiger partial charge in [-0.25, -0.2) is 9.67 Å². The first-order valence-corrected chi connectivity index (χ1v) is 7.56. The molecule has 0 saturated heterocycles. The molecule has 0 bridgehead atoms. The first-order chi connectivity index (χ1) is 9.36. The van der Waals surface area contributed by atoms with Crippen molar-refractivity contribution in [2.75, 3.05) is 6.54 Å². The number of aromatic nitrogens is 3. The van der Waals surface area contributed by atoms with Crippen LogP contribution in [0.25, 0.3) is 0 Å². The Labute approximate surface area is 117 Å². The minimum Gasteiger partial charge on any atom is -0.310 e. The molecule has 1 aliphatic heterocycles. The van der Waals surface area contributed by atoms with E-state index in [0.29, 0.717) is 5.25 Å². The lowest BCUT2D eigenvalue weighted by Gasteiger charge is -2.11. The van der Waals surface area contributed by atoms with E-state index in [1.54, 1.807) is 6.33 Å². The molecule has 5 heteroatoms. The first kappa shape index (κ1) is 12.7. The van der Waals surface area contributed by atoms with Crippen LogP contribution in [0.3, 0.4) is 0 Å². The molecule has 1 aromatic carbocycles. The van der Waals surface area contributed by atoms with Crippen molar-refractivity contribution in [3.63, 3.8) is 0 Å². The van der Waals surface area contributed by atoms with Gasteiger partial charge < -0.3 is 5.32 Å². The SMILES string of the molecule is CCNCc1ncnn1CC1Cc2ccccc2S1. The molecule has 0 aliphatic carbocycles. The van der Waals surface area contributed by atoms with E-state index in [4.69, 9.17) is 0 Å². The molecule has 19 heavy (non-hydrogen) atoms. The minimum absolute atomic E-state index is 0.569. The predicted molar refractivity (Wildman–Crippen MR) is 77.2 cm³/mol. The van der Waals surface area contributed by atoms with Crippen LogP contribution in [0.15, 0.2) is 35.5 Å². The number of hydrogen-bond donors (Lipinski definition) is 1. The van der Waals surface area contributed by atoms with Gasteiger partial charge in [-0.3, -0.25) is 0 Å². The lowest BCUT2D eigenvalue weighted by Crippen LogP contribution is -2.20. The molecule has 100 valence electrons. The van der Waals surface area contributed by atoms with Gasteiger partial charge in [-0.05, 0) is 24.6 Å².